The fraction of sp³-hybridized carbons (Fsp3) is 0.357. The maximum absolute atomic E-state index is 11.3. The minimum atomic E-state index is -0.275. The van der Waals surface area contributed by atoms with Gasteiger partial charge in [0.05, 0.1) is 27.2 Å². The Balaban J connectivity index is 2.23. The number of nitrogens with one attached hydrogen (secondary N) is 1. The summed E-state index contributed by atoms with van der Waals surface area (Å²) in [5, 5.41) is 0. The molecule has 1 rings (SSSR count). The van der Waals surface area contributed by atoms with Gasteiger partial charge < -0.3 is 9.64 Å². The van der Waals surface area contributed by atoms with Crippen molar-refractivity contribution in [2.75, 3.05) is 27.2 Å². The molecule has 0 saturated carbocycles. The molecule has 0 aliphatic rings. The first kappa shape index (κ1) is 13.5. The van der Waals surface area contributed by atoms with Crippen LogP contribution in [0.15, 0.2) is 36.4 Å². The molecule has 1 aromatic rings. The lowest BCUT2D eigenvalue weighted by molar-refractivity contribution is -0.858. The van der Waals surface area contributed by atoms with E-state index < -0.39 is 0 Å². The molecule has 0 radical (unpaired) electrons. The van der Waals surface area contributed by atoms with Gasteiger partial charge in [-0.2, -0.15) is 0 Å². The molecule has 1 aromatic carbocycles. The van der Waals surface area contributed by atoms with E-state index in [1.54, 1.807) is 6.08 Å². The summed E-state index contributed by atoms with van der Waals surface area (Å²) >= 11 is 0. The molecule has 0 fully saturated rings. The minimum absolute atomic E-state index is 0.275. The van der Waals surface area contributed by atoms with Crippen LogP contribution in [0.3, 0.4) is 0 Å². The first-order valence-electron chi connectivity index (χ1n) is 5.87. The molecule has 0 heterocycles. The normalized spacial score (nSPS) is 11.0. The molecule has 0 aliphatic heterocycles. The summed E-state index contributed by atoms with van der Waals surface area (Å²) in [6.45, 7) is 1.50. The lowest BCUT2D eigenvalue weighted by Crippen LogP contribution is -3.05. The lowest BCUT2D eigenvalue weighted by atomic mass is 10.2. The summed E-state index contributed by atoms with van der Waals surface area (Å²) in [7, 11) is 4.16. The molecule has 3 heteroatoms. The third-order valence-corrected chi connectivity index (χ3v) is 2.28. The summed E-state index contributed by atoms with van der Waals surface area (Å²) in [4.78, 5) is 12.7. The monoisotopic (exact) mass is 234 g/mol. The number of carbonyl (C=O) groups is 1. The molecule has 3 nitrogen and oxygen atoms in total. The smallest absolute Gasteiger partial charge is 0.330 e. The number of hydrogen-bond acceptors (Lipinski definition) is 2. The van der Waals surface area contributed by atoms with Crippen LogP contribution in [0.1, 0.15) is 12.0 Å². The van der Waals surface area contributed by atoms with Crippen molar-refractivity contribution in [3.63, 3.8) is 0 Å². The van der Waals surface area contributed by atoms with Crippen LogP contribution in [0.2, 0.25) is 0 Å². The lowest BCUT2D eigenvalue weighted by Gasteiger charge is -2.06. The molecule has 0 saturated heterocycles. The van der Waals surface area contributed by atoms with Gasteiger partial charge in [-0.1, -0.05) is 30.3 Å². The van der Waals surface area contributed by atoms with E-state index in [1.807, 2.05) is 30.3 Å². The fourth-order valence-electron chi connectivity index (χ4n) is 1.38. The van der Waals surface area contributed by atoms with Gasteiger partial charge >= 0.3 is 5.97 Å². The Morgan fingerprint density at radius 2 is 2.00 bits per heavy atom. The van der Waals surface area contributed by atoms with Gasteiger partial charge in [0, 0.05) is 12.5 Å². The second-order valence-corrected chi connectivity index (χ2v) is 4.22. The highest BCUT2D eigenvalue weighted by Crippen LogP contribution is 2.00. The Morgan fingerprint density at radius 1 is 1.29 bits per heavy atom. The van der Waals surface area contributed by atoms with Gasteiger partial charge in [-0.3, -0.25) is 0 Å². The minimum Gasteiger partial charge on any atom is -0.462 e. The van der Waals surface area contributed by atoms with Gasteiger partial charge in [-0.25, -0.2) is 4.79 Å². The average molecular weight is 234 g/mol. The molecule has 0 aromatic heterocycles. The summed E-state index contributed by atoms with van der Waals surface area (Å²) in [5.74, 6) is -0.275. The third kappa shape index (κ3) is 6.53. The highest BCUT2D eigenvalue weighted by atomic mass is 16.5. The number of benzene rings is 1. The van der Waals surface area contributed by atoms with E-state index in [9.17, 15) is 4.79 Å². The largest absolute Gasteiger partial charge is 0.462 e. The van der Waals surface area contributed by atoms with Crippen LogP contribution in [-0.2, 0) is 9.53 Å². The van der Waals surface area contributed by atoms with E-state index in [0.717, 1.165) is 18.5 Å². The standard InChI is InChI=1S/C14H19NO2/c1-15(2)11-6-12-17-14(16)10-9-13-7-4-3-5-8-13/h3-5,7-10H,6,11-12H2,1-2H3/p+1. The van der Waals surface area contributed by atoms with Gasteiger partial charge in [0.15, 0.2) is 0 Å². The van der Waals surface area contributed by atoms with E-state index in [-0.39, 0.29) is 5.97 Å². The van der Waals surface area contributed by atoms with E-state index in [1.165, 1.54) is 11.0 Å². The summed E-state index contributed by atoms with van der Waals surface area (Å²) in [6, 6.07) is 9.70. The van der Waals surface area contributed by atoms with Crippen molar-refractivity contribution in [3.05, 3.63) is 42.0 Å². The van der Waals surface area contributed by atoms with Crippen LogP contribution in [0.4, 0.5) is 0 Å². The number of rotatable bonds is 6. The van der Waals surface area contributed by atoms with Gasteiger partial charge in [0.1, 0.15) is 0 Å². The van der Waals surface area contributed by atoms with Crippen LogP contribution >= 0.6 is 0 Å². The highest BCUT2D eigenvalue weighted by Gasteiger charge is 1.98. The molecule has 17 heavy (non-hydrogen) atoms. The topological polar surface area (TPSA) is 30.7 Å². The zero-order chi connectivity index (χ0) is 12.5. The maximum Gasteiger partial charge on any atom is 0.330 e. The van der Waals surface area contributed by atoms with Crippen LogP contribution in [0, 0.1) is 0 Å². The van der Waals surface area contributed by atoms with Crippen LogP contribution in [0.5, 0.6) is 0 Å². The number of carbonyl (C=O) groups excluding carboxylic acids is 1. The highest BCUT2D eigenvalue weighted by molar-refractivity contribution is 5.86. The molecule has 0 aliphatic carbocycles. The number of quaternary nitrogens is 1. The van der Waals surface area contributed by atoms with Crippen molar-refractivity contribution in [2.45, 2.75) is 6.42 Å². The Labute approximate surface area is 103 Å². The van der Waals surface area contributed by atoms with Crippen LogP contribution < -0.4 is 4.90 Å². The Hall–Kier alpha value is -1.61. The van der Waals surface area contributed by atoms with Crippen molar-refractivity contribution in [3.8, 4) is 0 Å². The predicted octanol–water partition coefficient (Wildman–Crippen LogP) is 0.778. The fourth-order valence-corrected chi connectivity index (χ4v) is 1.38. The quantitative estimate of drug-likeness (QED) is 0.448. The third-order valence-electron chi connectivity index (χ3n) is 2.28. The number of ether oxygens (including phenoxy) is 1. The number of esters is 1. The Bertz CT molecular complexity index is 358. The Kier molecular flexibility index (Phi) is 6.04. The molecular weight excluding hydrogens is 214 g/mol. The zero-order valence-corrected chi connectivity index (χ0v) is 10.5. The molecule has 0 unspecified atom stereocenters. The van der Waals surface area contributed by atoms with Crippen LogP contribution in [0.25, 0.3) is 6.08 Å². The first-order chi connectivity index (χ1) is 8.18. The molecule has 0 bridgehead atoms. The summed E-state index contributed by atoms with van der Waals surface area (Å²) in [5.41, 5.74) is 1.00. The van der Waals surface area contributed by atoms with Gasteiger partial charge in [0.2, 0.25) is 0 Å². The second kappa shape index (κ2) is 7.63. The van der Waals surface area contributed by atoms with Crippen molar-refractivity contribution < 1.29 is 14.4 Å². The molecule has 0 atom stereocenters. The SMILES string of the molecule is C[NH+](C)CCCOC(=O)C=Cc1ccccc1. The van der Waals surface area contributed by atoms with Crippen LogP contribution in [-0.4, -0.2) is 33.2 Å². The first-order valence-corrected chi connectivity index (χ1v) is 5.87. The van der Waals surface area contributed by atoms with E-state index in [4.69, 9.17) is 4.74 Å². The van der Waals surface area contributed by atoms with Crippen molar-refractivity contribution in [2.24, 2.45) is 0 Å². The van der Waals surface area contributed by atoms with Crippen molar-refractivity contribution >= 4 is 12.0 Å². The van der Waals surface area contributed by atoms with E-state index in [0.29, 0.717) is 6.61 Å². The van der Waals surface area contributed by atoms with Gasteiger partial charge in [0.25, 0.3) is 0 Å². The predicted molar refractivity (Wildman–Crippen MR) is 68.7 cm³/mol. The molecule has 0 spiro atoms. The summed E-state index contributed by atoms with van der Waals surface area (Å²) < 4.78 is 5.08. The molecule has 0 amide bonds. The number of hydrogen-bond donors (Lipinski definition) is 1. The maximum atomic E-state index is 11.3. The van der Waals surface area contributed by atoms with E-state index >= 15 is 0 Å². The van der Waals surface area contributed by atoms with Crippen molar-refractivity contribution in [1.29, 1.82) is 0 Å². The average Bonchev–Trinajstić information content (AvgIpc) is 2.33. The van der Waals surface area contributed by atoms with Crippen molar-refractivity contribution in [1.82, 2.24) is 0 Å². The summed E-state index contributed by atoms with van der Waals surface area (Å²) in [6.07, 6.45) is 4.13. The Morgan fingerprint density at radius 3 is 2.65 bits per heavy atom. The van der Waals surface area contributed by atoms with Gasteiger partial charge in [-0.15, -0.1) is 0 Å². The second-order valence-electron chi connectivity index (χ2n) is 4.22. The molecule has 92 valence electrons. The molecule has 1 N–H and O–H groups in total. The van der Waals surface area contributed by atoms with Gasteiger partial charge in [-0.05, 0) is 11.6 Å². The zero-order valence-electron chi connectivity index (χ0n) is 10.5. The van der Waals surface area contributed by atoms with E-state index in [2.05, 4.69) is 14.1 Å². The molecular formula is C14H20NO2+.